The zero-order valence-corrected chi connectivity index (χ0v) is 22.7. The third kappa shape index (κ3) is 7.26. The molecule has 0 spiro atoms. The van der Waals surface area contributed by atoms with Gasteiger partial charge in [0.25, 0.3) is 0 Å². The van der Waals surface area contributed by atoms with Crippen LogP contribution in [0.3, 0.4) is 0 Å². The van der Waals surface area contributed by atoms with Crippen molar-refractivity contribution in [3.63, 3.8) is 0 Å². The first-order valence-corrected chi connectivity index (χ1v) is 13.5. The van der Waals surface area contributed by atoms with Crippen molar-refractivity contribution in [2.75, 3.05) is 31.9 Å². The molecule has 0 atom stereocenters. The van der Waals surface area contributed by atoms with Crippen LogP contribution in [0.5, 0.6) is 5.75 Å². The maximum atomic E-state index is 12.8. The minimum absolute atomic E-state index is 0.126. The lowest BCUT2D eigenvalue weighted by molar-refractivity contribution is -0.133. The average molecular weight is 483 g/mol. The van der Waals surface area contributed by atoms with E-state index in [0.29, 0.717) is 12.2 Å². The first-order chi connectivity index (χ1) is 15.9. The van der Waals surface area contributed by atoms with Crippen molar-refractivity contribution in [1.29, 1.82) is 0 Å². The van der Waals surface area contributed by atoms with Gasteiger partial charge >= 0.3 is 0 Å². The van der Waals surface area contributed by atoms with Gasteiger partial charge < -0.3 is 10.0 Å². The molecule has 1 saturated heterocycles. The SMILES string of the molecule is CC(C)(C)c1cc(SCCCC(=O)N2CCN(Cc3ccccc3)CC2)cc(C(C)(C)C)c1O. The Hall–Kier alpha value is -1.98. The lowest BCUT2D eigenvalue weighted by Gasteiger charge is -2.34. The van der Waals surface area contributed by atoms with Gasteiger partial charge in [-0.05, 0) is 40.7 Å². The molecule has 0 unspecified atom stereocenters. The fourth-order valence-corrected chi connectivity index (χ4v) is 5.33. The van der Waals surface area contributed by atoms with Crippen molar-refractivity contribution < 1.29 is 9.90 Å². The molecular weight excluding hydrogens is 440 g/mol. The number of amides is 1. The van der Waals surface area contributed by atoms with Crippen LogP contribution in [-0.2, 0) is 22.2 Å². The van der Waals surface area contributed by atoms with Gasteiger partial charge in [-0.25, -0.2) is 0 Å². The highest BCUT2D eigenvalue weighted by Gasteiger charge is 2.27. The van der Waals surface area contributed by atoms with E-state index in [-0.39, 0.29) is 16.7 Å². The van der Waals surface area contributed by atoms with Crippen molar-refractivity contribution >= 4 is 17.7 Å². The van der Waals surface area contributed by atoms with Crippen LogP contribution in [0, 0.1) is 0 Å². The number of hydrogen-bond acceptors (Lipinski definition) is 4. The lowest BCUT2D eigenvalue weighted by atomic mass is 9.79. The minimum atomic E-state index is -0.126. The second-order valence-electron chi connectivity index (χ2n) is 11.5. The second kappa shape index (κ2) is 11.2. The van der Waals surface area contributed by atoms with E-state index >= 15 is 0 Å². The molecule has 34 heavy (non-hydrogen) atoms. The standard InChI is InChI=1S/C29H42N2O2S/c1-28(2,3)24-19-23(20-25(27(24)33)29(4,5)6)34-18-10-13-26(32)31-16-14-30(15-17-31)21-22-11-8-7-9-12-22/h7-9,11-12,19-20,33H,10,13-18,21H2,1-6H3. The molecule has 1 aliphatic rings. The summed E-state index contributed by atoms with van der Waals surface area (Å²) in [4.78, 5) is 18.4. The molecule has 1 N–H and O–H groups in total. The minimum Gasteiger partial charge on any atom is -0.507 e. The molecule has 3 rings (SSSR count). The predicted octanol–water partition coefficient (Wildman–Crippen LogP) is 6.20. The Labute approximate surface area is 210 Å². The molecule has 1 amide bonds. The van der Waals surface area contributed by atoms with Crippen LogP contribution in [0.25, 0.3) is 0 Å². The summed E-state index contributed by atoms with van der Waals surface area (Å²) >= 11 is 1.79. The highest BCUT2D eigenvalue weighted by Crippen LogP contribution is 2.41. The van der Waals surface area contributed by atoms with Gasteiger partial charge in [-0.1, -0.05) is 71.9 Å². The van der Waals surface area contributed by atoms with Gasteiger partial charge in [-0.3, -0.25) is 9.69 Å². The number of carbonyl (C=O) groups is 1. The summed E-state index contributed by atoms with van der Waals surface area (Å²) in [6.07, 6.45) is 1.46. The molecule has 1 fully saturated rings. The third-order valence-electron chi connectivity index (χ3n) is 6.48. The maximum absolute atomic E-state index is 12.8. The van der Waals surface area contributed by atoms with Gasteiger partial charge in [-0.15, -0.1) is 11.8 Å². The Morgan fingerprint density at radius 1 is 0.912 bits per heavy atom. The highest BCUT2D eigenvalue weighted by atomic mass is 32.2. The third-order valence-corrected chi connectivity index (χ3v) is 7.54. The molecule has 2 aromatic carbocycles. The van der Waals surface area contributed by atoms with E-state index in [1.807, 2.05) is 11.0 Å². The number of piperazine rings is 1. The van der Waals surface area contributed by atoms with Gasteiger partial charge in [-0.2, -0.15) is 0 Å². The van der Waals surface area contributed by atoms with Gasteiger partial charge in [0, 0.05) is 55.2 Å². The number of phenolic OH excluding ortho intramolecular Hbond substituents is 1. The molecule has 0 aromatic heterocycles. The van der Waals surface area contributed by atoms with Crippen LogP contribution in [0.1, 0.15) is 71.1 Å². The molecule has 5 heteroatoms. The van der Waals surface area contributed by atoms with E-state index in [4.69, 9.17) is 0 Å². The number of hydrogen-bond donors (Lipinski definition) is 1. The first-order valence-electron chi connectivity index (χ1n) is 12.5. The molecule has 1 aliphatic heterocycles. The van der Waals surface area contributed by atoms with Gasteiger partial charge in [0.1, 0.15) is 5.75 Å². The molecule has 1 heterocycles. The number of thioether (sulfide) groups is 1. The molecule has 0 bridgehead atoms. The van der Waals surface area contributed by atoms with Gasteiger partial charge in [0.05, 0.1) is 0 Å². The Balaban J connectivity index is 1.48. The quantitative estimate of drug-likeness (QED) is 0.377. The molecular formula is C29H42N2O2S. The van der Waals surface area contributed by atoms with Crippen molar-refractivity contribution in [2.24, 2.45) is 0 Å². The van der Waals surface area contributed by atoms with Crippen molar-refractivity contribution in [1.82, 2.24) is 9.80 Å². The molecule has 0 radical (unpaired) electrons. The molecule has 186 valence electrons. The normalized spacial score (nSPS) is 15.5. The maximum Gasteiger partial charge on any atom is 0.222 e. The van der Waals surface area contributed by atoms with E-state index in [1.165, 1.54) is 10.5 Å². The Kier molecular flexibility index (Phi) is 8.75. The zero-order valence-electron chi connectivity index (χ0n) is 21.9. The van der Waals surface area contributed by atoms with Crippen LogP contribution in [0.2, 0.25) is 0 Å². The average Bonchev–Trinajstić information content (AvgIpc) is 2.77. The van der Waals surface area contributed by atoms with E-state index in [9.17, 15) is 9.90 Å². The number of benzene rings is 2. The zero-order chi connectivity index (χ0) is 24.9. The molecule has 2 aromatic rings. The largest absolute Gasteiger partial charge is 0.507 e. The van der Waals surface area contributed by atoms with Crippen molar-refractivity contribution in [3.05, 3.63) is 59.2 Å². The first kappa shape index (κ1) is 26.6. The van der Waals surface area contributed by atoms with Crippen LogP contribution in [0.4, 0.5) is 0 Å². The molecule has 4 nitrogen and oxygen atoms in total. The Morgan fingerprint density at radius 2 is 1.47 bits per heavy atom. The number of aromatic hydroxyl groups is 1. The van der Waals surface area contributed by atoms with E-state index in [2.05, 4.69) is 82.8 Å². The predicted molar refractivity (Wildman–Crippen MR) is 144 cm³/mol. The Bertz CT molecular complexity index is 917. The van der Waals surface area contributed by atoms with Gasteiger partial charge in [0.15, 0.2) is 0 Å². The summed E-state index contributed by atoms with van der Waals surface area (Å²) in [6.45, 7) is 17.3. The monoisotopic (exact) mass is 482 g/mol. The van der Waals surface area contributed by atoms with Crippen LogP contribution >= 0.6 is 11.8 Å². The number of rotatable bonds is 7. The van der Waals surface area contributed by atoms with Crippen LogP contribution in [0.15, 0.2) is 47.4 Å². The number of phenols is 1. The number of nitrogens with zero attached hydrogens (tertiary/aromatic N) is 2. The highest BCUT2D eigenvalue weighted by molar-refractivity contribution is 7.99. The van der Waals surface area contributed by atoms with E-state index in [0.717, 1.165) is 56.0 Å². The molecule has 0 saturated carbocycles. The summed E-state index contributed by atoms with van der Waals surface area (Å²) in [5, 5.41) is 10.9. The van der Waals surface area contributed by atoms with Crippen molar-refractivity contribution in [2.45, 2.75) is 76.7 Å². The summed E-state index contributed by atoms with van der Waals surface area (Å²) in [5.41, 5.74) is 3.06. The van der Waals surface area contributed by atoms with Crippen LogP contribution in [-0.4, -0.2) is 52.7 Å². The van der Waals surface area contributed by atoms with Gasteiger partial charge in [0.2, 0.25) is 5.91 Å². The summed E-state index contributed by atoms with van der Waals surface area (Å²) in [5.74, 6) is 1.60. The van der Waals surface area contributed by atoms with Crippen LogP contribution < -0.4 is 0 Å². The summed E-state index contributed by atoms with van der Waals surface area (Å²) in [7, 11) is 0. The fraction of sp³-hybridized carbons (Fsp3) is 0.552. The van der Waals surface area contributed by atoms with E-state index in [1.54, 1.807) is 11.8 Å². The topological polar surface area (TPSA) is 43.8 Å². The molecule has 0 aliphatic carbocycles. The smallest absolute Gasteiger partial charge is 0.222 e. The number of carbonyl (C=O) groups excluding carboxylic acids is 1. The van der Waals surface area contributed by atoms with E-state index < -0.39 is 0 Å². The summed E-state index contributed by atoms with van der Waals surface area (Å²) in [6, 6.07) is 14.8. The fourth-order valence-electron chi connectivity index (χ4n) is 4.40. The summed E-state index contributed by atoms with van der Waals surface area (Å²) < 4.78 is 0. The second-order valence-corrected chi connectivity index (χ2v) is 12.6. The lowest BCUT2D eigenvalue weighted by Crippen LogP contribution is -2.48. The Morgan fingerprint density at radius 3 is 2.00 bits per heavy atom. The van der Waals surface area contributed by atoms with Crippen molar-refractivity contribution in [3.8, 4) is 5.75 Å².